The van der Waals surface area contributed by atoms with E-state index in [0.29, 0.717) is 0 Å². The van der Waals surface area contributed by atoms with Gasteiger partial charge < -0.3 is 9.80 Å². The van der Waals surface area contributed by atoms with Crippen LogP contribution in [-0.4, -0.2) is 71.6 Å². The number of aromatic nitrogens is 2. The maximum absolute atomic E-state index is 4.96. The van der Waals surface area contributed by atoms with E-state index in [4.69, 9.17) is 9.97 Å². The van der Waals surface area contributed by atoms with Crippen molar-refractivity contribution in [2.24, 2.45) is 0 Å². The number of hydrogen-bond acceptors (Lipinski definition) is 5. The molecular formula is C18H29N5. The van der Waals surface area contributed by atoms with Gasteiger partial charge in [0.15, 0.2) is 0 Å². The molecule has 5 heteroatoms. The van der Waals surface area contributed by atoms with Gasteiger partial charge in [-0.25, -0.2) is 9.97 Å². The van der Waals surface area contributed by atoms with Crippen molar-refractivity contribution in [1.29, 1.82) is 0 Å². The highest BCUT2D eigenvalue weighted by molar-refractivity contribution is 5.34. The molecular weight excluding hydrogens is 286 g/mol. The van der Waals surface area contributed by atoms with Crippen LogP contribution in [-0.2, 0) is 12.8 Å². The minimum Gasteiger partial charge on any atom is -0.338 e. The van der Waals surface area contributed by atoms with Crippen molar-refractivity contribution in [3.05, 3.63) is 17.5 Å². The molecule has 23 heavy (non-hydrogen) atoms. The standard InChI is InChI=1S/C18H29N5/c1-2-21-10-12-23(13-11-21)18-19-14-15-6-8-22(16-4-3-5-16)9-7-17(15)20-18/h14,16H,2-13H2,1H3. The smallest absolute Gasteiger partial charge is 0.225 e. The Labute approximate surface area is 139 Å². The summed E-state index contributed by atoms with van der Waals surface area (Å²) in [6.45, 7) is 10.1. The Bertz CT molecular complexity index is 534. The number of anilines is 1. The average molecular weight is 315 g/mol. The van der Waals surface area contributed by atoms with Gasteiger partial charge in [-0.05, 0) is 31.4 Å². The molecule has 0 amide bonds. The Morgan fingerprint density at radius 1 is 1.04 bits per heavy atom. The van der Waals surface area contributed by atoms with Crippen LogP contribution in [0.25, 0.3) is 0 Å². The first-order valence-corrected chi connectivity index (χ1v) is 9.39. The van der Waals surface area contributed by atoms with Gasteiger partial charge in [-0.1, -0.05) is 13.3 Å². The maximum atomic E-state index is 4.96. The van der Waals surface area contributed by atoms with Crippen molar-refractivity contribution in [1.82, 2.24) is 19.8 Å². The van der Waals surface area contributed by atoms with Crippen molar-refractivity contribution in [3.63, 3.8) is 0 Å². The summed E-state index contributed by atoms with van der Waals surface area (Å²) in [6.07, 6.45) is 8.53. The highest BCUT2D eigenvalue weighted by atomic mass is 15.3. The lowest BCUT2D eigenvalue weighted by atomic mass is 9.91. The molecule has 0 radical (unpaired) electrons. The molecule has 3 aliphatic rings. The van der Waals surface area contributed by atoms with E-state index >= 15 is 0 Å². The molecule has 3 heterocycles. The van der Waals surface area contributed by atoms with Crippen LogP contribution in [0.5, 0.6) is 0 Å². The molecule has 1 aromatic rings. The Hall–Kier alpha value is -1.20. The van der Waals surface area contributed by atoms with E-state index in [1.807, 2.05) is 0 Å². The predicted octanol–water partition coefficient (Wildman–Crippen LogP) is 1.57. The van der Waals surface area contributed by atoms with Gasteiger partial charge >= 0.3 is 0 Å². The van der Waals surface area contributed by atoms with Crippen molar-refractivity contribution in [2.45, 2.75) is 45.1 Å². The molecule has 0 spiro atoms. The number of piperazine rings is 1. The van der Waals surface area contributed by atoms with Gasteiger partial charge in [0.25, 0.3) is 0 Å². The summed E-state index contributed by atoms with van der Waals surface area (Å²) >= 11 is 0. The second kappa shape index (κ2) is 6.73. The topological polar surface area (TPSA) is 35.5 Å². The maximum Gasteiger partial charge on any atom is 0.225 e. The van der Waals surface area contributed by atoms with E-state index in [0.717, 1.165) is 57.6 Å². The quantitative estimate of drug-likeness (QED) is 0.846. The number of nitrogens with zero attached hydrogens (tertiary/aromatic N) is 5. The lowest BCUT2D eigenvalue weighted by molar-refractivity contribution is 0.133. The molecule has 0 N–H and O–H groups in total. The molecule has 0 aromatic carbocycles. The Balaban J connectivity index is 1.43. The molecule has 0 unspecified atom stereocenters. The van der Waals surface area contributed by atoms with E-state index in [1.165, 1.54) is 43.6 Å². The molecule has 4 rings (SSSR count). The van der Waals surface area contributed by atoms with Crippen molar-refractivity contribution in [3.8, 4) is 0 Å². The fourth-order valence-corrected chi connectivity index (χ4v) is 4.02. The zero-order chi connectivity index (χ0) is 15.6. The molecule has 126 valence electrons. The summed E-state index contributed by atoms with van der Waals surface area (Å²) in [6, 6.07) is 0.846. The molecule has 1 aromatic heterocycles. The van der Waals surface area contributed by atoms with E-state index in [1.54, 1.807) is 0 Å². The largest absolute Gasteiger partial charge is 0.338 e. The van der Waals surface area contributed by atoms with Crippen LogP contribution in [0.4, 0.5) is 5.95 Å². The lowest BCUT2D eigenvalue weighted by Crippen LogP contribution is -2.46. The van der Waals surface area contributed by atoms with Gasteiger partial charge in [0.1, 0.15) is 0 Å². The van der Waals surface area contributed by atoms with Crippen molar-refractivity contribution in [2.75, 3.05) is 50.7 Å². The fourth-order valence-electron chi connectivity index (χ4n) is 4.02. The first-order chi connectivity index (χ1) is 11.3. The Kier molecular flexibility index (Phi) is 4.49. The van der Waals surface area contributed by atoms with Gasteiger partial charge in [-0.3, -0.25) is 4.90 Å². The highest BCUT2D eigenvalue weighted by Crippen LogP contribution is 2.27. The molecule has 2 aliphatic heterocycles. The third-order valence-corrected chi connectivity index (χ3v) is 5.94. The summed E-state index contributed by atoms with van der Waals surface area (Å²) in [5.41, 5.74) is 2.68. The van der Waals surface area contributed by atoms with E-state index in [2.05, 4.69) is 27.8 Å². The summed E-state index contributed by atoms with van der Waals surface area (Å²) in [5.74, 6) is 0.955. The first kappa shape index (κ1) is 15.3. The van der Waals surface area contributed by atoms with Crippen LogP contribution in [0.3, 0.4) is 0 Å². The summed E-state index contributed by atoms with van der Waals surface area (Å²) in [5, 5.41) is 0. The molecule has 1 aliphatic carbocycles. The highest BCUT2D eigenvalue weighted by Gasteiger charge is 2.27. The first-order valence-electron chi connectivity index (χ1n) is 9.39. The lowest BCUT2D eigenvalue weighted by Gasteiger charge is -2.36. The Morgan fingerprint density at radius 3 is 2.52 bits per heavy atom. The predicted molar refractivity (Wildman–Crippen MR) is 93.0 cm³/mol. The molecule has 5 nitrogen and oxygen atoms in total. The summed E-state index contributed by atoms with van der Waals surface area (Å²) < 4.78 is 0. The summed E-state index contributed by atoms with van der Waals surface area (Å²) in [7, 11) is 0. The SMILES string of the molecule is CCN1CCN(c2ncc3c(n2)CCN(C2CCC2)CC3)CC1. The monoisotopic (exact) mass is 315 g/mol. The van der Waals surface area contributed by atoms with E-state index in [-0.39, 0.29) is 0 Å². The molecule has 0 atom stereocenters. The third kappa shape index (κ3) is 3.22. The van der Waals surface area contributed by atoms with Crippen LogP contribution in [0.2, 0.25) is 0 Å². The average Bonchev–Trinajstić information content (AvgIpc) is 2.76. The second-order valence-corrected chi connectivity index (χ2v) is 7.18. The van der Waals surface area contributed by atoms with Crippen LogP contribution < -0.4 is 4.90 Å². The normalized spacial score (nSPS) is 24.1. The minimum absolute atomic E-state index is 0.846. The number of fused-ring (bicyclic) bond motifs is 1. The fraction of sp³-hybridized carbons (Fsp3) is 0.778. The van der Waals surface area contributed by atoms with E-state index < -0.39 is 0 Å². The zero-order valence-electron chi connectivity index (χ0n) is 14.4. The van der Waals surface area contributed by atoms with Gasteiger partial charge in [0.05, 0.1) is 5.69 Å². The summed E-state index contributed by atoms with van der Waals surface area (Å²) in [4.78, 5) is 17.2. The zero-order valence-corrected chi connectivity index (χ0v) is 14.4. The molecule has 0 bridgehead atoms. The van der Waals surface area contributed by atoms with Gasteiger partial charge in [0, 0.05) is 57.9 Å². The minimum atomic E-state index is 0.846. The van der Waals surface area contributed by atoms with Crippen LogP contribution in [0.1, 0.15) is 37.4 Å². The van der Waals surface area contributed by atoms with Gasteiger partial charge in [-0.15, -0.1) is 0 Å². The van der Waals surface area contributed by atoms with Crippen molar-refractivity contribution >= 4 is 5.95 Å². The van der Waals surface area contributed by atoms with Crippen LogP contribution >= 0.6 is 0 Å². The number of rotatable bonds is 3. The number of hydrogen-bond donors (Lipinski definition) is 0. The Morgan fingerprint density at radius 2 is 1.83 bits per heavy atom. The molecule has 1 saturated heterocycles. The van der Waals surface area contributed by atoms with Crippen LogP contribution in [0.15, 0.2) is 6.20 Å². The molecule has 2 fully saturated rings. The van der Waals surface area contributed by atoms with Gasteiger partial charge in [-0.2, -0.15) is 0 Å². The van der Waals surface area contributed by atoms with E-state index in [9.17, 15) is 0 Å². The van der Waals surface area contributed by atoms with Gasteiger partial charge in [0.2, 0.25) is 5.95 Å². The van der Waals surface area contributed by atoms with Crippen LogP contribution in [0, 0.1) is 0 Å². The number of likely N-dealkylation sites (N-methyl/N-ethyl adjacent to an activating group) is 1. The van der Waals surface area contributed by atoms with Crippen molar-refractivity contribution < 1.29 is 0 Å². The molecule has 1 saturated carbocycles. The second-order valence-electron chi connectivity index (χ2n) is 7.18. The third-order valence-electron chi connectivity index (χ3n) is 5.94.